The first-order valence-corrected chi connectivity index (χ1v) is 7.32. The Kier molecular flexibility index (Phi) is 3.68. The SMILES string of the molecule is CC1CCOC1C(=O)N1CCc2ccc(C(=O)O)cc2C1. The van der Waals surface area contributed by atoms with E-state index in [0.717, 1.165) is 24.0 Å². The number of benzene rings is 1. The Hall–Kier alpha value is -1.88. The minimum atomic E-state index is -0.936. The first-order valence-electron chi connectivity index (χ1n) is 7.32. The number of rotatable bonds is 2. The van der Waals surface area contributed by atoms with Gasteiger partial charge in [0.05, 0.1) is 5.56 Å². The molecule has 0 spiro atoms. The van der Waals surface area contributed by atoms with Crippen LogP contribution >= 0.6 is 0 Å². The molecular formula is C16H19NO4. The first-order chi connectivity index (χ1) is 10.1. The molecule has 5 heteroatoms. The highest BCUT2D eigenvalue weighted by molar-refractivity contribution is 5.88. The fraction of sp³-hybridized carbons (Fsp3) is 0.500. The number of ether oxygens (including phenoxy) is 1. The largest absolute Gasteiger partial charge is 0.478 e. The average molecular weight is 289 g/mol. The van der Waals surface area contributed by atoms with Crippen molar-refractivity contribution in [3.63, 3.8) is 0 Å². The summed E-state index contributed by atoms with van der Waals surface area (Å²) in [5, 5.41) is 9.07. The molecule has 0 saturated carbocycles. The predicted molar refractivity (Wildman–Crippen MR) is 76.0 cm³/mol. The van der Waals surface area contributed by atoms with Crippen LogP contribution in [-0.4, -0.2) is 41.1 Å². The molecule has 5 nitrogen and oxygen atoms in total. The second-order valence-corrected chi connectivity index (χ2v) is 5.86. The van der Waals surface area contributed by atoms with Crippen molar-refractivity contribution in [1.82, 2.24) is 4.90 Å². The summed E-state index contributed by atoms with van der Waals surface area (Å²) in [5.41, 5.74) is 2.33. The summed E-state index contributed by atoms with van der Waals surface area (Å²) >= 11 is 0. The van der Waals surface area contributed by atoms with Crippen LogP contribution in [0.3, 0.4) is 0 Å². The lowest BCUT2D eigenvalue weighted by molar-refractivity contribution is -0.143. The summed E-state index contributed by atoms with van der Waals surface area (Å²) in [6, 6.07) is 5.16. The summed E-state index contributed by atoms with van der Waals surface area (Å²) in [6.07, 6.45) is 1.35. The minimum Gasteiger partial charge on any atom is -0.478 e. The van der Waals surface area contributed by atoms with Gasteiger partial charge in [0, 0.05) is 19.7 Å². The molecule has 2 atom stereocenters. The summed E-state index contributed by atoms with van der Waals surface area (Å²) in [6.45, 7) is 3.83. The highest BCUT2D eigenvalue weighted by atomic mass is 16.5. The molecule has 0 radical (unpaired) electrons. The molecular weight excluding hydrogens is 270 g/mol. The maximum absolute atomic E-state index is 12.5. The van der Waals surface area contributed by atoms with Gasteiger partial charge in [-0.2, -0.15) is 0 Å². The smallest absolute Gasteiger partial charge is 0.335 e. The van der Waals surface area contributed by atoms with E-state index < -0.39 is 5.97 Å². The fourth-order valence-electron chi connectivity index (χ4n) is 3.07. The molecule has 0 bridgehead atoms. The van der Waals surface area contributed by atoms with Crippen molar-refractivity contribution >= 4 is 11.9 Å². The van der Waals surface area contributed by atoms with E-state index in [9.17, 15) is 9.59 Å². The molecule has 112 valence electrons. The topological polar surface area (TPSA) is 66.8 Å². The number of aromatic carboxylic acids is 1. The van der Waals surface area contributed by atoms with Crippen LogP contribution < -0.4 is 0 Å². The Morgan fingerprint density at radius 2 is 2.14 bits per heavy atom. The number of hydrogen-bond donors (Lipinski definition) is 1. The zero-order chi connectivity index (χ0) is 15.0. The van der Waals surface area contributed by atoms with Crippen LogP contribution in [0, 0.1) is 5.92 Å². The lowest BCUT2D eigenvalue weighted by Crippen LogP contribution is -2.43. The van der Waals surface area contributed by atoms with Crippen molar-refractivity contribution < 1.29 is 19.4 Å². The monoisotopic (exact) mass is 289 g/mol. The van der Waals surface area contributed by atoms with E-state index in [-0.39, 0.29) is 23.5 Å². The highest BCUT2D eigenvalue weighted by Crippen LogP contribution is 2.26. The van der Waals surface area contributed by atoms with Crippen LogP contribution in [0.5, 0.6) is 0 Å². The van der Waals surface area contributed by atoms with E-state index >= 15 is 0 Å². The van der Waals surface area contributed by atoms with Gasteiger partial charge in [-0.1, -0.05) is 13.0 Å². The Labute approximate surface area is 123 Å². The second-order valence-electron chi connectivity index (χ2n) is 5.86. The van der Waals surface area contributed by atoms with Gasteiger partial charge in [-0.25, -0.2) is 4.79 Å². The normalized spacial score (nSPS) is 24.7. The zero-order valence-corrected chi connectivity index (χ0v) is 12.0. The average Bonchev–Trinajstić information content (AvgIpc) is 2.91. The standard InChI is InChI=1S/C16H19NO4/c1-10-5-7-21-14(10)15(18)17-6-4-11-2-3-12(16(19)20)8-13(11)9-17/h2-3,8,10,14H,4-7,9H2,1H3,(H,19,20). The molecule has 1 amide bonds. The Morgan fingerprint density at radius 3 is 2.81 bits per heavy atom. The summed E-state index contributed by atoms with van der Waals surface area (Å²) in [5.74, 6) is -0.648. The summed E-state index contributed by atoms with van der Waals surface area (Å²) in [4.78, 5) is 25.4. The third kappa shape index (κ3) is 2.65. The first kappa shape index (κ1) is 14.1. The lowest BCUT2D eigenvalue weighted by Gasteiger charge is -2.31. The molecule has 2 heterocycles. The van der Waals surface area contributed by atoms with E-state index in [2.05, 4.69) is 0 Å². The number of hydrogen-bond acceptors (Lipinski definition) is 3. The molecule has 0 aliphatic carbocycles. The van der Waals surface area contributed by atoms with Gasteiger partial charge in [-0.15, -0.1) is 0 Å². The summed E-state index contributed by atoms with van der Waals surface area (Å²) in [7, 11) is 0. The number of carboxylic acids is 1. The van der Waals surface area contributed by atoms with E-state index in [4.69, 9.17) is 9.84 Å². The van der Waals surface area contributed by atoms with Crippen molar-refractivity contribution in [2.24, 2.45) is 5.92 Å². The highest BCUT2D eigenvalue weighted by Gasteiger charge is 2.35. The van der Waals surface area contributed by atoms with Gasteiger partial charge in [-0.3, -0.25) is 4.79 Å². The summed E-state index contributed by atoms with van der Waals surface area (Å²) < 4.78 is 5.54. The fourth-order valence-corrected chi connectivity index (χ4v) is 3.07. The Balaban J connectivity index is 1.78. The van der Waals surface area contributed by atoms with Gasteiger partial charge in [0.2, 0.25) is 0 Å². The number of carbonyl (C=O) groups excluding carboxylic acids is 1. The van der Waals surface area contributed by atoms with E-state index in [0.29, 0.717) is 19.7 Å². The van der Waals surface area contributed by atoms with Crippen molar-refractivity contribution in [2.45, 2.75) is 32.4 Å². The molecule has 2 aliphatic heterocycles. The number of nitrogens with zero attached hydrogens (tertiary/aromatic N) is 1. The van der Waals surface area contributed by atoms with Gasteiger partial charge in [0.25, 0.3) is 5.91 Å². The molecule has 1 aromatic rings. The Bertz CT molecular complexity index is 584. The van der Waals surface area contributed by atoms with Gasteiger partial charge in [-0.05, 0) is 42.0 Å². The van der Waals surface area contributed by atoms with Gasteiger partial charge < -0.3 is 14.7 Å². The number of carboxylic acid groups (broad SMARTS) is 1. The van der Waals surface area contributed by atoms with Crippen LogP contribution in [0.1, 0.15) is 34.8 Å². The third-order valence-corrected chi connectivity index (χ3v) is 4.41. The lowest BCUT2D eigenvalue weighted by atomic mass is 9.96. The van der Waals surface area contributed by atoms with E-state index in [1.165, 1.54) is 0 Å². The quantitative estimate of drug-likeness (QED) is 0.899. The maximum atomic E-state index is 12.5. The van der Waals surface area contributed by atoms with Crippen molar-refractivity contribution in [3.05, 3.63) is 34.9 Å². The molecule has 1 N–H and O–H groups in total. The van der Waals surface area contributed by atoms with Gasteiger partial charge >= 0.3 is 5.97 Å². The number of amides is 1. The number of fused-ring (bicyclic) bond motifs is 1. The van der Waals surface area contributed by atoms with E-state index in [1.54, 1.807) is 17.0 Å². The van der Waals surface area contributed by atoms with Crippen LogP contribution in [0.15, 0.2) is 18.2 Å². The molecule has 2 unspecified atom stereocenters. The third-order valence-electron chi connectivity index (χ3n) is 4.41. The van der Waals surface area contributed by atoms with Crippen molar-refractivity contribution in [1.29, 1.82) is 0 Å². The van der Waals surface area contributed by atoms with Crippen molar-refractivity contribution in [2.75, 3.05) is 13.2 Å². The van der Waals surface area contributed by atoms with Crippen LogP contribution in [0.2, 0.25) is 0 Å². The molecule has 2 aliphatic rings. The van der Waals surface area contributed by atoms with E-state index in [1.807, 2.05) is 13.0 Å². The second kappa shape index (κ2) is 5.48. The maximum Gasteiger partial charge on any atom is 0.335 e. The minimum absolute atomic E-state index is 0.0337. The van der Waals surface area contributed by atoms with Crippen LogP contribution in [-0.2, 0) is 22.5 Å². The zero-order valence-electron chi connectivity index (χ0n) is 12.0. The molecule has 1 aromatic carbocycles. The molecule has 1 fully saturated rings. The number of carbonyl (C=O) groups is 2. The Morgan fingerprint density at radius 1 is 1.33 bits per heavy atom. The molecule has 0 aromatic heterocycles. The van der Waals surface area contributed by atoms with Gasteiger partial charge in [0.1, 0.15) is 6.10 Å². The molecule has 1 saturated heterocycles. The predicted octanol–water partition coefficient (Wildman–Crippen LogP) is 1.69. The van der Waals surface area contributed by atoms with Crippen molar-refractivity contribution in [3.8, 4) is 0 Å². The van der Waals surface area contributed by atoms with Gasteiger partial charge in [0.15, 0.2) is 0 Å². The van der Waals surface area contributed by atoms with Crippen LogP contribution in [0.4, 0.5) is 0 Å². The molecule has 3 rings (SSSR count). The van der Waals surface area contributed by atoms with Crippen LogP contribution in [0.25, 0.3) is 0 Å². The molecule has 21 heavy (non-hydrogen) atoms.